The Kier molecular flexibility index (Phi) is 84.7. The molecule has 0 unspecified atom stereocenters. The van der Waals surface area contributed by atoms with Gasteiger partial charge < -0.3 is 44.2 Å². The van der Waals surface area contributed by atoms with E-state index in [1.807, 2.05) is 36.4 Å². The molecule has 3 heterocycles. The molecule has 24 heteroatoms. The predicted molar refractivity (Wildman–Crippen MR) is 560 cm³/mol. The molecule has 4 aliphatic carbocycles. The van der Waals surface area contributed by atoms with Crippen LogP contribution in [0.5, 0.6) is 0 Å². The van der Waals surface area contributed by atoms with Crippen LogP contribution in [0.2, 0.25) is 76.6 Å². The normalized spacial score (nSPS) is 19.8. The predicted octanol–water partition coefficient (Wildman–Crippen LogP) is 24.4. The van der Waals surface area contributed by atoms with Crippen LogP contribution >= 0.6 is 69.6 Å². The number of benzene rings is 4. The van der Waals surface area contributed by atoms with E-state index in [-0.39, 0.29) is 49.8 Å². The molecule has 716 valence electrons. The van der Waals surface area contributed by atoms with E-state index in [1.165, 1.54) is 270 Å². The standard InChI is InChI=1S/C28H47NOSi.C15H29N.C13H20O2Si.C12H19BrSi.C6H4Br2.C6H15ClSi.3C4H8O.2C4H9.CH3ClO2S.CO2.2Li/c1-5-7-21-31(3,4)27-19-15-25(16-20-27)28(30)29-26-17-13-24(14-18-26)23-11-9-22(8-6-2)10-12-23;1-2-3-12-4-6-13(7-5-12)14-8-10-15(16)11-9-14;1-4-5-10-16(2,3)12-8-6-11(7-9-12)13(14)15;1-4-5-10-14(2,3)12-8-6-11(13)7-9-12;7-5-1-2-6(8)4-3-5;1-4-5-6-8(2,3)7;3*1-2-4-5-3-1;2*1-3-4-2;1-5(2,3)4;2-1-3;;/h15-16,19-20,22-24,26H,5-14,17-18,21H2,1-4H3,(H,29,30);12-15H,2-11,16H2,1H3;6-9H,4-5,10H2,1-3H3,(H,14,15);6-9H,4-5,10H2,1-3H3;1-4H;4-6H2,1-3H3;3*1-4H2;2*1,3-4H2,2H3;1H3;;;/q;;;;;;;;;2*-1;;;2*+1. The molecular formula is C102H179Br3Cl2Li2N2O10SSi4. The number of amides is 1. The van der Waals surface area contributed by atoms with Crippen molar-refractivity contribution in [2.45, 2.75) is 388 Å². The molecule has 7 aliphatic rings. The third-order valence-electron chi connectivity index (χ3n) is 24.5. The second kappa shape index (κ2) is 81.3. The Morgan fingerprint density at radius 1 is 0.437 bits per heavy atom. The zero-order valence-electron chi connectivity index (χ0n) is 83.2. The van der Waals surface area contributed by atoms with Gasteiger partial charge in [0.15, 0.2) is 0 Å². The van der Waals surface area contributed by atoms with E-state index in [2.05, 4.69) is 234 Å². The first-order chi connectivity index (χ1) is 58.8. The van der Waals surface area contributed by atoms with Crippen molar-refractivity contribution in [2.75, 3.05) is 45.9 Å². The Hall–Kier alpha value is -0.928. The molecule has 3 aliphatic heterocycles. The smallest absolute Gasteiger partial charge is 0.478 e. The number of ether oxygens (including phenoxy) is 3. The van der Waals surface area contributed by atoms with E-state index in [4.69, 9.17) is 45.7 Å². The van der Waals surface area contributed by atoms with Crippen molar-refractivity contribution in [2.24, 2.45) is 41.2 Å². The molecule has 7 fully saturated rings. The third-order valence-corrected chi connectivity index (χ3v) is 38.7. The Balaban J connectivity index is -0.000000684. The van der Waals surface area contributed by atoms with Crippen molar-refractivity contribution >= 4 is 144 Å². The number of carboxylic acid groups (broad SMARTS) is 1. The van der Waals surface area contributed by atoms with Crippen LogP contribution in [0.15, 0.2) is 110 Å². The van der Waals surface area contributed by atoms with E-state index in [1.54, 1.807) is 17.3 Å². The first kappa shape index (κ1) is 131. The summed E-state index contributed by atoms with van der Waals surface area (Å²) in [5.41, 5.74) is 7.20. The van der Waals surface area contributed by atoms with E-state index in [0.29, 0.717) is 17.6 Å². The van der Waals surface area contributed by atoms with Crippen molar-refractivity contribution in [3.05, 3.63) is 135 Å². The topological polar surface area (TPSA) is 188 Å². The summed E-state index contributed by atoms with van der Waals surface area (Å²) in [4.78, 5) is 39.8. The van der Waals surface area contributed by atoms with Gasteiger partial charge in [0.1, 0.15) is 7.38 Å². The van der Waals surface area contributed by atoms with Gasteiger partial charge in [-0.05, 0) is 218 Å². The Morgan fingerprint density at radius 2 is 0.675 bits per heavy atom. The van der Waals surface area contributed by atoms with Gasteiger partial charge in [0.2, 0.25) is 9.05 Å². The number of carbonyl (C=O) groups excluding carboxylic acids is 3. The number of hydrogen-bond donors (Lipinski definition) is 3. The SMILES string of the molecule is Brc1ccc(Br)cc1.C1CCOC1.C1CCOC1.C1CCOC1.CCCC1CCC(C2CCC(N)CC2)CC1.CCCC[Si](C)(C)Cl.CCCC[Si](C)(C)c1ccc(Br)cc1.CCCC[Si](C)(C)c1ccc(C(=O)NC2CCC(C3CCC(CCC)CC3)CC2)cc1.CCCC[Si](C)(C)c1ccc(C(=O)O)cc1.CS(=O)(=O)Cl.O=C=O.[CH2-]CCC.[CH2-]CCC.[Li+].[Li+]. The van der Waals surface area contributed by atoms with Crippen molar-refractivity contribution in [1.29, 1.82) is 0 Å². The number of unbranched alkanes of at least 4 members (excludes halogenated alkanes) is 6. The number of nitrogens with two attached hydrogens (primary N) is 1. The number of halogens is 5. The molecule has 11 rings (SSSR count). The molecule has 12 nitrogen and oxygen atoms in total. The molecule has 1 amide bonds. The zero-order valence-corrected chi connectivity index (χ0v) is 94.3. The summed E-state index contributed by atoms with van der Waals surface area (Å²) in [6, 6.07) is 39.0. The maximum Gasteiger partial charge on any atom is 1.00 e. The maximum absolute atomic E-state index is 12.8. The van der Waals surface area contributed by atoms with E-state index >= 15 is 0 Å². The second-order valence-electron chi connectivity index (χ2n) is 37.5. The molecule has 0 spiro atoms. The van der Waals surface area contributed by atoms with Crippen LogP contribution in [0.1, 0.15) is 320 Å². The van der Waals surface area contributed by atoms with Gasteiger partial charge in [-0.3, -0.25) is 4.79 Å². The zero-order chi connectivity index (χ0) is 93.7. The largest absolute Gasteiger partial charge is 1.00 e. The first-order valence-corrected chi connectivity index (χ1v) is 67.4. The summed E-state index contributed by atoms with van der Waals surface area (Å²) in [6.45, 7) is 50.0. The van der Waals surface area contributed by atoms with Crippen LogP contribution in [0.25, 0.3) is 0 Å². The van der Waals surface area contributed by atoms with Gasteiger partial charge in [-0.1, -0.05) is 341 Å². The molecule has 3 saturated heterocycles. The van der Waals surface area contributed by atoms with Crippen molar-refractivity contribution in [3.63, 3.8) is 0 Å². The van der Waals surface area contributed by atoms with Crippen molar-refractivity contribution in [3.8, 4) is 0 Å². The fourth-order valence-corrected chi connectivity index (χ4v) is 26.4. The average Bonchev–Trinajstić information content (AvgIpc) is 1.27. The number of carboxylic acids is 1. The fraction of sp³-hybridized carbons (Fsp3) is 0.716. The van der Waals surface area contributed by atoms with Gasteiger partial charge in [0, 0.05) is 81.4 Å². The molecule has 4 aromatic carbocycles. The van der Waals surface area contributed by atoms with E-state index in [0.717, 1.165) is 109 Å². The second-order valence-corrected chi connectivity index (χ2v) is 64.9. The molecule has 0 aromatic heterocycles. The molecule has 126 heavy (non-hydrogen) atoms. The number of rotatable bonds is 26. The summed E-state index contributed by atoms with van der Waals surface area (Å²) in [5.74, 6) is 5.30. The number of hydrogen-bond acceptors (Lipinski definition) is 10. The van der Waals surface area contributed by atoms with Crippen LogP contribution < -0.4 is 64.3 Å². The van der Waals surface area contributed by atoms with E-state index in [9.17, 15) is 18.0 Å². The Bertz CT molecular complexity index is 3240. The Morgan fingerprint density at radius 3 is 0.897 bits per heavy atom. The molecule has 4 saturated carbocycles. The van der Waals surface area contributed by atoms with Crippen LogP contribution in [0.4, 0.5) is 0 Å². The van der Waals surface area contributed by atoms with Gasteiger partial charge in [0.25, 0.3) is 5.91 Å². The number of nitrogens with one attached hydrogen (secondary N) is 1. The van der Waals surface area contributed by atoms with Crippen molar-refractivity contribution < 1.29 is 84.6 Å². The van der Waals surface area contributed by atoms with Gasteiger partial charge in [0.05, 0.1) is 36.0 Å². The minimum absolute atomic E-state index is 0. The molecular weight excluding hydrogens is 1880 g/mol. The van der Waals surface area contributed by atoms with Crippen molar-refractivity contribution in [1.82, 2.24) is 5.32 Å². The first-order valence-electron chi connectivity index (χ1n) is 48.4. The minimum atomic E-state index is -3.19. The van der Waals surface area contributed by atoms with Gasteiger partial charge in [-0.2, -0.15) is 33.5 Å². The maximum atomic E-state index is 12.8. The van der Waals surface area contributed by atoms with Crippen LogP contribution in [0.3, 0.4) is 0 Å². The molecule has 0 atom stereocenters. The van der Waals surface area contributed by atoms with Gasteiger partial charge in [-0.15, -0.1) is 0 Å². The van der Waals surface area contributed by atoms with Crippen LogP contribution in [0, 0.1) is 49.4 Å². The third kappa shape index (κ3) is 71.6. The number of carbonyl (C=O) groups is 2. The quantitative estimate of drug-likeness (QED) is 0.0235. The summed E-state index contributed by atoms with van der Waals surface area (Å²) < 4.78 is 37.0. The fourth-order valence-electron chi connectivity index (χ4n) is 16.2. The van der Waals surface area contributed by atoms with E-state index < -0.39 is 46.6 Å². The summed E-state index contributed by atoms with van der Waals surface area (Å²) in [5, 5.41) is 16.6. The monoisotopic (exact) mass is 2060 g/mol. The minimum Gasteiger partial charge on any atom is -0.478 e. The summed E-state index contributed by atoms with van der Waals surface area (Å²) in [7, 11) is -3.76. The average molecular weight is 2060 g/mol. The molecule has 0 bridgehead atoms. The molecule has 4 aromatic rings. The van der Waals surface area contributed by atoms with Crippen LogP contribution in [-0.4, -0.2) is 121 Å². The molecule has 4 N–H and O–H groups in total. The summed E-state index contributed by atoms with van der Waals surface area (Å²) in [6.07, 6.45) is 51.7. The van der Waals surface area contributed by atoms with Crippen LogP contribution in [-0.2, 0) is 32.9 Å². The molecule has 0 radical (unpaired) electrons. The number of aromatic carboxylic acids is 1. The van der Waals surface area contributed by atoms with Gasteiger partial charge in [-0.25, -0.2) is 13.2 Å². The summed E-state index contributed by atoms with van der Waals surface area (Å²) >= 11 is 16.2. The Labute approximate surface area is 836 Å². The van der Waals surface area contributed by atoms with Gasteiger partial charge >= 0.3 is 49.8 Å².